The normalized spacial score (nSPS) is 30.0. The van der Waals surface area contributed by atoms with Crippen molar-refractivity contribution in [1.82, 2.24) is 10.2 Å². The molecule has 6 heteroatoms. The van der Waals surface area contributed by atoms with E-state index in [-0.39, 0.29) is 42.7 Å². The zero-order valence-corrected chi connectivity index (χ0v) is 12.0. The first-order chi connectivity index (χ1) is 9.65. The maximum atomic E-state index is 12.2. The molecule has 1 aliphatic carbocycles. The molecule has 2 fully saturated rings. The van der Waals surface area contributed by atoms with Crippen molar-refractivity contribution >= 4 is 11.8 Å². The predicted octanol–water partition coefficient (Wildman–Crippen LogP) is -0.241. The number of rotatable bonds is 6. The van der Waals surface area contributed by atoms with Gasteiger partial charge >= 0.3 is 0 Å². The minimum atomic E-state index is -0.265. The zero-order valence-electron chi connectivity index (χ0n) is 12.0. The molecule has 3 unspecified atom stereocenters. The van der Waals surface area contributed by atoms with Gasteiger partial charge in [0.1, 0.15) is 0 Å². The van der Waals surface area contributed by atoms with Crippen LogP contribution >= 0.6 is 0 Å². The molecule has 2 amide bonds. The van der Waals surface area contributed by atoms with E-state index in [1.165, 1.54) is 0 Å². The number of hydrogen-bond acceptors (Lipinski definition) is 4. The Hall–Kier alpha value is -1.14. The summed E-state index contributed by atoms with van der Waals surface area (Å²) in [4.78, 5) is 25.7. The molecule has 20 heavy (non-hydrogen) atoms. The fraction of sp³-hybridized carbons (Fsp3) is 0.857. The molecule has 1 heterocycles. The van der Waals surface area contributed by atoms with Gasteiger partial charge in [0.25, 0.3) is 0 Å². The largest absolute Gasteiger partial charge is 0.396 e. The summed E-state index contributed by atoms with van der Waals surface area (Å²) in [5.74, 6) is -0.129. The second kappa shape index (κ2) is 7.04. The van der Waals surface area contributed by atoms with Crippen LogP contribution in [0.15, 0.2) is 0 Å². The summed E-state index contributed by atoms with van der Waals surface area (Å²) in [6.45, 7) is 1.64. The Labute approximate surface area is 119 Å². The molecule has 2 N–H and O–H groups in total. The van der Waals surface area contributed by atoms with Gasteiger partial charge in [0.15, 0.2) is 0 Å². The number of carbonyl (C=O) groups is 2. The van der Waals surface area contributed by atoms with E-state index in [1.807, 2.05) is 0 Å². The zero-order chi connectivity index (χ0) is 14.5. The first-order valence-corrected chi connectivity index (χ1v) is 7.33. The molecule has 0 bridgehead atoms. The third-order valence-electron chi connectivity index (χ3n) is 4.37. The van der Waals surface area contributed by atoms with Gasteiger partial charge in [0, 0.05) is 45.2 Å². The molecule has 114 valence electrons. The van der Waals surface area contributed by atoms with Crippen LogP contribution < -0.4 is 5.32 Å². The molecule has 3 atom stereocenters. The van der Waals surface area contributed by atoms with Gasteiger partial charge in [0.05, 0.1) is 12.5 Å². The highest BCUT2D eigenvalue weighted by atomic mass is 16.5. The van der Waals surface area contributed by atoms with Crippen molar-refractivity contribution < 1.29 is 19.4 Å². The van der Waals surface area contributed by atoms with Crippen LogP contribution in [-0.4, -0.2) is 61.3 Å². The van der Waals surface area contributed by atoms with Crippen LogP contribution in [0.2, 0.25) is 0 Å². The Kier molecular flexibility index (Phi) is 5.37. The second-order valence-electron chi connectivity index (χ2n) is 5.72. The maximum absolute atomic E-state index is 12.2. The summed E-state index contributed by atoms with van der Waals surface area (Å²) >= 11 is 0. The van der Waals surface area contributed by atoms with Crippen molar-refractivity contribution in [3.63, 3.8) is 0 Å². The van der Waals surface area contributed by atoms with Gasteiger partial charge in [-0.25, -0.2) is 0 Å². The van der Waals surface area contributed by atoms with Crippen LogP contribution in [0.25, 0.3) is 0 Å². The lowest BCUT2D eigenvalue weighted by atomic mass is 10.0. The van der Waals surface area contributed by atoms with Gasteiger partial charge in [0.2, 0.25) is 11.8 Å². The monoisotopic (exact) mass is 284 g/mol. The maximum Gasteiger partial charge on any atom is 0.225 e. The van der Waals surface area contributed by atoms with Gasteiger partial charge < -0.3 is 20.1 Å². The fourth-order valence-corrected chi connectivity index (χ4v) is 3.11. The molecule has 1 aliphatic heterocycles. The molecule has 0 aromatic carbocycles. The SMILES string of the molecule is COCCN1CC(C(=O)NC2CCCC2CO)CC1=O. The number of ether oxygens (including phenoxy) is 1. The molecule has 1 saturated carbocycles. The van der Waals surface area contributed by atoms with E-state index in [2.05, 4.69) is 5.32 Å². The number of hydrogen-bond donors (Lipinski definition) is 2. The number of amides is 2. The Bertz CT molecular complexity index is 361. The highest BCUT2D eigenvalue weighted by Crippen LogP contribution is 2.26. The Morgan fingerprint density at radius 3 is 3.00 bits per heavy atom. The Morgan fingerprint density at radius 2 is 2.30 bits per heavy atom. The smallest absolute Gasteiger partial charge is 0.225 e. The third-order valence-corrected chi connectivity index (χ3v) is 4.37. The van der Waals surface area contributed by atoms with E-state index in [1.54, 1.807) is 12.0 Å². The summed E-state index contributed by atoms with van der Waals surface area (Å²) in [5, 5.41) is 12.3. The van der Waals surface area contributed by atoms with Crippen molar-refractivity contribution in [2.75, 3.05) is 33.4 Å². The first-order valence-electron chi connectivity index (χ1n) is 7.33. The average Bonchev–Trinajstić information content (AvgIpc) is 3.03. The molecule has 2 aliphatic rings. The number of carbonyl (C=O) groups excluding carboxylic acids is 2. The average molecular weight is 284 g/mol. The van der Waals surface area contributed by atoms with Crippen LogP contribution in [0.4, 0.5) is 0 Å². The van der Waals surface area contributed by atoms with Crippen LogP contribution in [0.3, 0.4) is 0 Å². The van der Waals surface area contributed by atoms with E-state index in [0.29, 0.717) is 19.7 Å². The topological polar surface area (TPSA) is 78.9 Å². The molecule has 2 rings (SSSR count). The summed E-state index contributed by atoms with van der Waals surface area (Å²) in [7, 11) is 1.60. The van der Waals surface area contributed by atoms with Gasteiger partial charge in [-0.15, -0.1) is 0 Å². The van der Waals surface area contributed by atoms with Crippen molar-refractivity contribution in [3.05, 3.63) is 0 Å². The minimum Gasteiger partial charge on any atom is -0.396 e. The standard InChI is InChI=1S/C14H24N2O4/c1-20-6-5-16-8-11(7-13(16)18)14(19)15-12-4-2-3-10(12)9-17/h10-12,17H,2-9H2,1H3,(H,15,19). The Balaban J connectivity index is 1.83. The van der Waals surface area contributed by atoms with Crippen molar-refractivity contribution in [3.8, 4) is 0 Å². The Morgan fingerprint density at radius 1 is 1.50 bits per heavy atom. The van der Waals surface area contributed by atoms with Crippen molar-refractivity contribution in [2.24, 2.45) is 11.8 Å². The third kappa shape index (κ3) is 3.49. The van der Waals surface area contributed by atoms with E-state index >= 15 is 0 Å². The summed E-state index contributed by atoms with van der Waals surface area (Å²) in [6.07, 6.45) is 3.21. The van der Waals surface area contributed by atoms with Crippen molar-refractivity contribution in [2.45, 2.75) is 31.7 Å². The van der Waals surface area contributed by atoms with Gasteiger partial charge in [-0.2, -0.15) is 0 Å². The molecule has 0 spiro atoms. The van der Waals surface area contributed by atoms with E-state index < -0.39 is 0 Å². The minimum absolute atomic E-state index is 0.0207. The van der Waals surface area contributed by atoms with Crippen LogP contribution in [0, 0.1) is 11.8 Å². The summed E-state index contributed by atoms with van der Waals surface area (Å²) in [6, 6.07) is 0.0654. The lowest BCUT2D eigenvalue weighted by molar-refractivity contribution is -0.129. The highest BCUT2D eigenvalue weighted by molar-refractivity contribution is 5.89. The first kappa shape index (κ1) is 15.3. The van der Waals surface area contributed by atoms with Gasteiger partial charge in [-0.05, 0) is 12.8 Å². The number of nitrogens with one attached hydrogen (secondary N) is 1. The molecule has 6 nitrogen and oxygen atoms in total. The van der Waals surface area contributed by atoms with E-state index in [0.717, 1.165) is 19.3 Å². The lowest BCUT2D eigenvalue weighted by Gasteiger charge is -2.21. The van der Waals surface area contributed by atoms with Gasteiger partial charge in [-0.1, -0.05) is 6.42 Å². The van der Waals surface area contributed by atoms with Crippen LogP contribution in [-0.2, 0) is 14.3 Å². The molecule has 1 saturated heterocycles. The molecule has 0 aromatic rings. The van der Waals surface area contributed by atoms with Crippen molar-refractivity contribution in [1.29, 1.82) is 0 Å². The van der Waals surface area contributed by atoms with Crippen LogP contribution in [0.5, 0.6) is 0 Å². The quantitative estimate of drug-likeness (QED) is 0.705. The lowest BCUT2D eigenvalue weighted by Crippen LogP contribution is -2.42. The van der Waals surface area contributed by atoms with Crippen LogP contribution in [0.1, 0.15) is 25.7 Å². The number of aliphatic hydroxyl groups excluding tert-OH is 1. The number of nitrogens with zero attached hydrogens (tertiary/aromatic N) is 1. The summed E-state index contributed by atoms with van der Waals surface area (Å²) in [5.41, 5.74) is 0. The predicted molar refractivity (Wildman–Crippen MR) is 72.9 cm³/mol. The molecular formula is C14H24N2O4. The second-order valence-corrected chi connectivity index (χ2v) is 5.72. The molecule has 0 aromatic heterocycles. The van der Waals surface area contributed by atoms with E-state index in [4.69, 9.17) is 4.74 Å². The number of aliphatic hydroxyl groups is 1. The van der Waals surface area contributed by atoms with Gasteiger partial charge in [-0.3, -0.25) is 9.59 Å². The molecular weight excluding hydrogens is 260 g/mol. The number of methoxy groups -OCH3 is 1. The summed E-state index contributed by atoms with van der Waals surface area (Å²) < 4.78 is 4.96. The highest BCUT2D eigenvalue weighted by Gasteiger charge is 2.36. The van der Waals surface area contributed by atoms with E-state index in [9.17, 15) is 14.7 Å². The fourth-order valence-electron chi connectivity index (χ4n) is 3.11. The molecule has 0 radical (unpaired) electrons. The number of likely N-dealkylation sites (tertiary alicyclic amines) is 1.